The number of allylic oxidation sites excluding steroid dienone is 2. The minimum atomic E-state index is 0.292. The summed E-state index contributed by atoms with van der Waals surface area (Å²) in [7, 11) is 0. The van der Waals surface area contributed by atoms with Crippen LogP contribution in [0, 0.1) is 18.8 Å². The van der Waals surface area contributed by atoms with Crippen LogP contribution < -0.4 is 0 Å². The number of rotatable bonds is 3. The number of carbonyl (C=O) groups is 1. The first-order valence-corrected chi connectivity index (χ1v) is 7.26. The summed E-state index contributed by atoms with van der Waals surface area (Å²) in [5, 5.41) is 0. The van der Waals surface area contributed by atoms with Gasteiger partial charge in [-0.05, 0) is 35.8 Å². The molecule has 0 saturated carbocycles. The van der Waals surface area contributed by atoms with Crippen molar-refractivity contribution in [3.05, 3.63) is 41.0 Å². The quantitative estimate of drug-likeness (QED) is 0.763. The van der Waals surface area contributed by atoms with Crippen molar-refractivity contribution < 1.29 is 4.79 Å². The lowest BCUT2D eigenvalue weighted by Crippen LogP contribution is -2.17. The molecule has 0 spiro atoms. The normalized spacial score (nSPS) is 22.1. The van der Waals surface area contributed by atoms with Crippen molar-refractivity contribution in [2.75, 3.05) is 0 Å². The van der Waals surface area contributed by atoms with E-state index in [-0.39, 0.29) is 0 Å². The summed E-state index contributed by atoms with van der Waals surface area (Å²) in [6, 6.07) is 6.52. The van der Waals surface area contributed by atoms with Gasteiger partial charge in [0, 0.05) is 12.0 Å². The highest BCUT2D eigenvalue weighted by molar-refractivity contribution is 6.21. The van der Waals surface area contributed by atoms with Crippen molar-refractivity contribution in [1.82, 2.24) is 0 Å². The molecule has 2 rings (SSSR count). The van der Waals surface area contributed by atoms with Crippen molar-refractivity contribution >= 4 is 11.4 Å². The molecule has 1 nitrogen and oxygen atoms in total. The van der Waals surface area contributed by atoms with Crippen LogP contribution in [0.4, 0.5) is 0 Å². The summed E-state index contributed by atoms with van der Waals surface area (Å²) in [5.74, 6) is 1.63. The number of Topliss-reactive ketones (excluding diaryl/α,β-unsaturated/α-hetero) is 1. The van der Waals surface area contributed by atoms with E-state index in [4.69, 9.17) is 0 Å². The third-order valence-electron chi connectivity index (χ3n) is 4.10. The molecule has 0 saturated heterocycles. The Morgan fingerprint density at radius 1 is 1.26 bits per heavy atom. The number of fused-ring (bicyclic) bond motifs is 1. The first kappa shape index (κ1) is 14.0. The third kappa shape index (κ3) is 2.80. The second kappa shape index (κ2) is 5.32. The summed E-state index contributed by atoms with van der Waals surface area (Å²) in [5.41, 5.74) is 4.66. The van der Waals surface area contributed by atoms with Gasteiger partial charge in [0.15, 0.2) is 5.78 Å². The van der Waals surface area contributed by atoms with Crippen molar-refractivity contribution in [2.45, 2.75) is 47.0 Å². The summed E-state index contributed by atoms with van der Waals surface area (Å²) in [6.45, 7) is 10.7. The number of benzene rings is 1. The van der Waals surface area contributed by atoms with Gasteiger partial charge in [0.05, 0.1) is 0 Å². The number of aryl methyl sites for hydroxylation is 1. The Bertz CT molecular complexity index is 522. The van der Waals surface area contributed by atoms with Gasteiger partial charge in [0.25, 0.3) is 0 Å². The van der Waals surface area contributed by atoms with Crippen molar-refractivity contribution in [3.8, 4) is 0 Å². The van der Waals surface area contributed by atoms with Gasteiger partial charge in [-0.25, -0.2) is 0 Å². The van der Waals surface area contributed by atoms with Gasteiger partial charge in [0.1, 0.15) is 0 Å². The number of ketones is 1. The Morgan fingerprint density at radius 2 is 1.95 bits per heavy atom. The predicted molar refractivity (Wildman–Crippen MR) is 81.2 cm³/mol. The first-order valence-electron chi connectivity index (χ1n) is 7.26. The van der Waals surface area contributed by atoms with Gasteiger partial charge in [0.2, 0.25) is 0 Å². The second-order valence-corrected chi connectivity index (χ2v) is 6.34. The van der Waals surface area contributed by atoms with Crippen LogP contribution in [-0.4, -0.2) is 5.78 Å². The maximum atomic E-state index is 12.5. The summed E-state index contributed by atoms with van der Waals surface area (Å²) in [4.78, 5) is 12.5. The number of hydrogen-bond donors (Lipinski definition) is 0. The van der Waals surface area contributed by atoms with Crippen LogP contribution in [0.5, 0.6) is 0 Å². The van der Waals surface area contributed by atoms with E-state index in [0.29, 0.717) is 30.0 Å². The van der Waals surface area contributed by atoms with Crippen LogP contribution in [-0.2, 0) is 4.79 Å². The van der Waals surface area contributed by atoms with E-state index in [9.17, 15) is 4.79 Å². The molecule has 0 aliphatic heterocycles. The average Bonchev–Trinajstić information content (AvgIpc) is 2.32. The molecule has 2 atom stereocenters. The molecule has 0 N–H and O–H groups in total. The van der Waals surface area contributed by atoms with Crippen LogP contribution >= 0.6 is 0 Å². The van der Waals surface area contributed by atoms with Gasteiger partial charge in [-0.15, -0.1) is 0 Å². The van der Waals surface area contributed by atoms with Crippen LogP contribution in [0.15, 0.2) is 24.3 Å². The van der Waals surface area contributed by atoms with E-state index < -0.39 is 0 Å². The van der Waals surface area contributed by atoms with E-state index >= 15 is 0 Å². The van der Waals surface area contributed by atoms with Crippen molar-refractivity contribution in [2.24, 2.45) is 11.8 Å². The van der Waals surface area contributed by atoms with E-state index in [1.807, 2.05) is 0 Å². The minimum Gasteiger partial charge on any atom is -0.294 e. The Kier molecular flexibility index (Phi) is 3.93. The second-order valence-electron chi connectivity index (χ2n) is 6.34. The molecule has 0 radical (unpaired) electrons. The molecule has 19 heavy (non-hydrogen) atoms. The largest absolute Gasteiger partial charge is 0.294 e. The molecule has 1 aliphatic rings. The maximum Gasteiger partial charge on any atom is 0.163 e. The molecule has 0 aromatic heterocycles. The lowest BCUT2D eigenvalue weighted by Gasteiger charge is -2.28. The summed E-state index contributed by atoms with van der Waals surface area (Å²) < 4.78 is 0. The highest BCUT2D eigenvalue weighted by Gasteiger charge is 2.26. The molecule has 0 heterocycles. The Morgan fingerprint density at radius 3 is 2.58 bits per heavy atom. The fourth-order valence-corrected chi connectivity index (χ4v) is 2.80. The van der Waals surface area contributed by atoms with Gasteiger partial charge in [-0.1, -0.05) is 57.5 Å². The monoisotopic (exact) mass is 256 g/mol. The van der Waals surface area contributed by atoms with E-state index in [1.54, 1.807) is 0 Å². The van der Waals surface area contributed by atoms with E-state index in [1.165, 1.54) is 11.1 Å². The van der Waals surface area contributed by atoms with Crippen molar-refractivity contribution in [1.29, 1.82) is 0 Å². The first-order chi connectivity index (χ1) is 8.90. The van der Waals surface area contributed by atoms with E-state index in [2.05, 4.69) is 58.9 Å². The van der Waals surface area contributed by atoms with E-state index in [0.717, 1.165) is 11.1 Å². The molecule has 1 heteroatoms. The van der Waals surface area contributed by atoms with Crippen LogP contribution in [0.2, 0.25) is 0 Å². The fraction of sp³-hybridized carbons (Fsp3) is 0.500. The minimum absolute atomic E-state index is 0.292. The number of carbonyl (C=O) groups excluding carboxylic acids is 1. The highest BCUT2D eigenvalue weighted by atomic mass is 16.1. The fourth-order valence-electron chi connectivity index (χ4n) is 2.80. The summed E-state index contributed by atoms with van der Waals surface area (Å²) >= 11 is 0. The van der Waals surface area contributed by atoms with Crippen LogP contribution in [0.3, 0.4) is 0 Å². The van der Waals surface area contributed by atoms with Gasteiger partial charge in [-0.2, -0.15) is 0 Å². The van der Waals surface area contributed by atoms with Crippen LogP contribution in [0.25, 0.3) is 5.57 Å². The average molecular weight is 256 g/mol. The molecule has 0 fully saturated rings. The predicted octanol–water partition coefficient (Wildman–Crippen LogP) is 4.75. The lowest BCUT2D eigenvalue weighted by atomic mass is 9.76. The van der Waals surface area contributed by atoms with Crippen LogP contribution in [0.1, 0.15) is 56.7 Å². The summed E-state index contributed by atoms with van der Waals surface area (Å²) in [6.07, 6.45) is 2.82. The Balaban J connectivity index is 2.47. The molecule has 0 amide bonds. The Labute approximate surface area is 116 Å². The zero-order chi connectivity index (χ0) is 14.2. The SMILES string of the molecule is Cc1ccc2c(c1)C(C(=O)CC(C)C)=CC(C)C2C. The molecule has 2 unspecified atom stereocenters. The molecule has 1 aromatic rings. The maximum absolute atomic E-state index is 12.5. The van der Waals surface area contributed by atoms with Gasteiger partial charge < -0.3 is 0 Å². The molecule has 0 bridgehead atoms. The van der Waals surface area contributed by atoms with Gasteiger partial charge in [-0.3, -0.25) is 4.79 Å². The molecule has 1 aromatic carbocycles. The Hall–Kier alpha value is -1.37. The van der Waals surface area contributed by atoms with Gasteiger partial charge >= 0.3 is 0 Å². The molecule has 102 valence electrons. The zero-order valence-electron chi connectivity index (χ0n) is 12.7. The number of hydrogen-bond acceptors (Lipinski definition) is 1. The third-order valence-corrected chi connectivity index (χ3v) is 4.10. The zero-order valence-corrected chi connectivity index (χ0v) is 12.7. The lowest BCUT2D eigenvalue weighted by molar-refractivity contribution is -0.114. The topological polar surface area (TPSA) is 17.1 Å². The molecular weight excluding hydrogens is 232 g/mol. The molecular formula is C18H24O. The smallest absolute Gasteiger partial charge is 0.163 e. The molecule has 1 aliphatic carbocycles. The standard InChI is InChI=1S/C18H24O/c1-11(2)8-18(19)17-10-13(4)14(5)15-7-6-12(3)9-16(15)17/h6-7,9-11,13-14H,8H2,1-5H3. The van der Waals surface area contributed by atoms with Crippen molar-refractivity contribution in [3.63, 3.8) is 0 Å². The highest BCUT2D eigenvalue weighted by Crippen LogP contribution is 2.39.